The topological polar surface area (TPSA) is 17.1 Å². The van der Waals surface area contributed by atoms with E-state index in [0.717, 1.165) is 25.7 Å². The van der Waals surface area contributed by atoms with Crippen molar-refractivity contribution in [1.82, 2.24) is 0 Å². The summed E-state index contributed by atoms with van der Waals surface area (Å²) in [6, 6.07) is 0. The molecule has 0 aromatic rings. The summed E-state index contributed by atoms with van der Waals surface area (Å²) in [5.74, 6) is 1.59. The Hall–Kier alpha value is -0.330. The first kappa shape index (κ1) is 14.7. The summed E-state index contributed by atoms with van der Waals surface area (Å²) in [6.45, 7) is 4.48. The van der Waals surface area contributed by atoms with Crippen molar-refractivity contribution in [2.75, 3.05) is 0 Å². The number of Topliss-reactive ketones (excluding diaryl/α,β-unsaturated/α-hetero) is 1. The maximum Gasteiger partial charge on any atom is 0.135 e. The summed E-state index contributed by atoms with van der Waals surface area (Å²) in [5.41, 5.74) is 0. The minimum atomic E-state index is 0.370. The Bertz CT molecular complexity index is 208. The minimum Gasteiger partial charge on any atom is -0.299 e. The molecule has 0 radical (unpaired) electrons. The van der Waals surface area contributed by atoms with Crippen LogP contribution in [0.1, 0.15) is 84.5 Å². The third-order valence-corrected chi connectivity index (χ3v) is 3.94. The number of ketones is 1. The van der Waals surface area contributed by atoms with Crippen LogP contribution < -0.4 is 0 Å². The highest BCUT2D eigenvalue weighted by molar-refractivity contribution is 5.80. The van der Waals surface area contributed by atoms with Crippen molar-refractivity contribution < 1.29 is 4.79 Å². The average molecular weight is 238 g/mol. The van der Waals surface area contributed by atoms with Crippen molar-refractivity contribution in [1.29, 1.82) is 0 Å². The molecule has 1 aliphatic carbocycles. The molecule has 100 valence electrons. The highest BCUT2D eigenvalue weighted by atomic mass is 16.1. The molecule has 0 bridgehead atoms. The Kier molecular flexibility index (Phi) is 7.55. The molecule has 0 aromatic carbocycles. The molecular weight excluding hydrogens is 208 g/mol. The first-order valence-corrected chi connectivity index (χ1v) is 7.73. The SMILES string of the molecule is CC(C)CC1CCCCCCCCCCC1=O. The second-order valence-corrected chi connectivity index (χ2v) is 6.16. The summed E-state index contributed by atoms with van der Waals surface area (Å²) in [5, 5.41) is 0. The third-order valence-electron chi connectivity index (χ3n) is 3.94. The van der Waals surface area contributed by atoms with Crippen LogP contribution in [0, 0.1) is 11.8 Å². The number of carbonyl (C=O) groups is 1. The van der Waals surface area contributed by atoms with Crippen molar-refractivity contribution in [3.8, 4) is 0 Å². The standard InChI is InChI=1S/C16H30O/c1-14(2)13-15-11-9-7-5-3-4-6-8-10-12-16(15)17/h14-15H,3-13H2,1-2H3. The van der Waals surface area contributed by atoms with E-state index in [-0.39, 0.29) is 0 Å². The summed E-state index contributed by atoms with van der Waals surface area (Å²) >= 11 is 0. The lowest BCUT2D eigenvalue weighted by atomic mass is 9.86. The quantitative estimate of drug-likeness (QED) is 0.651. The van der Waals surface area contributed by atoms with Gasteiger partial charge in [-0.3, -0.25) is 4.79 Å². The fourth-order valence-corrected chi connectivity index (χ4v) is 2.93. The molecule has 0 heterocycles. The van der Waals surface area contributed by atoms with Crippen LogP contribution in [0.25, 0.3) is 0 Å². The molecule has 17 heavy (non-hydrogen) atoms. The molecule has 1 aliphatic rings. The lowest BCUT2D eigenvalue weighted by Crippen LogP contribution is -2.17. The number of hydrogen-bond acceptors (Lipinski definition) is 1. The highest BCUT2D eigenvalue weighted by Crippen LogP contribution is 2.23. The first-order chi connectivity index (χ1) is 8.20. The molecule has 1 fully saturated rings. The highest BCUT2D eigenvalue weighted by Gasteiger charge is 2.18. The average Bonchev–Trinajstić information content (AvgIpc) is 2.27. The van der Waals surface area contributed by atoms with E-state index in [1.54, 1.807) is 0 Å². The second kappa shape index (κ2) is 8.72. The zero-order valence-electron chi connectivity index (χ0n) is 11.8. The van der Waals surface area contributed by atoms with Crippen molar-refractivity contribution in [2.24, 2.45) is 11.8 Å². The zero-order valence-corrected chi connectivity index (χ0v) is 11.8. The number of carbonyl (C=O) groups excluding carboxylic acids is 1. The fraction of sp³-hybridized carbons (Fsp3) is 0.938. The van der Waals surface area contributed by atoms with Crippen LogP contribution in [0.2, 0.25) is 0 Å². The molecular formula is C16H30O. The molecule has 0 aliphatic heterocycles. The van der Waals surface area contributed by atoms with Crippen LogP contribution in [0.4, 0.5) is 0 Å². The largest absolute Gasteiger partial charge is 0.299 e. The Morgan fingerprint density at radius 1 is 0.941 bits per heavy atom. The molecule has 1 atom stereocenters. The van der Waals surface area contributed by atoms with Gasteiger partial charge in [-0.2, -0.15) is 0 Å². The van der Waals surface area contributed by atoms with Crippen LogP contribution in [0.3, 0.4) is 0 Å². The van der Waals surface area contributed by atoms with Gasteiger partial charge in [0, 0.05) is 12.3 Å². The van der Waals surface area contributed by atoms with Crippen LogP contribution in [0.15, 0.2) is 0 Å². The van der Waals surface area contributed by atoms with E-state index < -0.39 is 0 Å². The van der Waals surface area contributed by atoms with Crippen molar-refractivity contribution in [3.05, 3.63) is 0 Å². The summed E-state index contributed by atoms with van der Waals surface area (Å²) in [7, 11) is 0. The van der Waals surface area contributed by atoms with Gasteiger partial charge in [0.05, 0.1) is 0 Å². The fourth-order valence-electron chi connectivity index (χ4n) is 2.93. The van der Waals surface area contributed by atoms with Gasteiger partial charge in [-0.1, -0.05) is 58.8 Å². The predicted molar refractivity (Wildman–Crippen MR) is 74.1 cm³/mol. The van der Waals surface area contributed by atoms with Crippen LogP contribution in [0.5, 0.6) is 0 Å². The van der Waals surface area contributed by atoms with Gasteiger partial charge in [-0.25, -0.2) is 0 Å². The zero-order chi connectivity index (χ0) is 12.5. The monoisotopic (exact) mass is 238 g/mol. The van der Waals surface area contributed by atoms with E-state index in [1.165, 1.54) is 44.9 Å². The van der Waals surface area contributed by atoms with Gasteiger partial charge < -0.3 is 0 Å². The third kappa shape index (κ3) is 6.85. The van der Waals surface area contributed by atoms with Crippen molar-refractivity contribution >= 4 is 5.78 Å². The summed E-state index contributed by atoms with van der Waals surface area (Å²) < 4.78 is 0. The van der Waals surface area contributed by atoms with E-state index in [1.807, 2.05) is 0 Å². The molecule has 1 saturated carbocycles. The van der Waals surface area contributed by atoms with E-state index in [9.17, 15) is 4.79 Å². The van der Waals surface area contributed by atoms with Gasteiger partial charge in [0.2, 0.25) is 0 Å². The Balaban J connectivity index is 2.42. The van der Waals surface area contributed by atoms with E-state index in [4.69, 9.17) is 0 Å². The lowest BCUT2D eigenvalue weighted by molar-refractivity contribution is -0.123. The molecule has 0 N–H and O–H groups in total. The Morgan fingerprint density at radius 3 is 2.06 bits per heavy atom. The first-order valence-electron chi connectivity index (χ1n) is 7.73. The van der Waals surface area contributed by atoms with E-state index in [2.05, 4.69) is 13.8 Å². The summed E-state index contributed by atoms with van der Waals surface area (Å²) in [4.78, 5) is 12.2. The molecule has 1 heteroatoms. The van der Waals surface area contributed by atoms with E-state index >= 15 is 0 Å². The van der Waals surface area contributed by atoms with Crippen molar-refractivity contribution in [3.63, 3.8) is 0 Å². The molecule has 0 saturated heterocycles. The maximum atomic E-state index is 12.2. The van der Waals surface area contributed by atoms with Crippen LogP contribution >= 0.6 is 0 Å². The molecule has 0 aromatic heterocycles. The maximum absolute atomic E-state index is 12.2. The van der Waals surface area contributed by atoms with Crippen LogP contribution in [-0.2, 0) is 4.79 Å². The van der Waals surface area contributed by atoms with E-state index in [0.29, 0.717) is 17.6 Å². The number of hydrogen-bond donors (Lipinski definition) is 0. The summed E-state index contributed by atoms with van der Waals surface area (Å²) in [6.07, 6.45) is 13.6. The molecule has 1 rings (SSSR count). The Morgan fingerprint density at radius 2 is 1.47 bits per heavy atom. The van der Waals surface area contributed by atoms with Gasteiger partial charge in [-0.05, 0) is 25.2 Å². The van der Waals surface area contributed by atoms with Crippen molar-refractivity contribution in [2.45, 2.75) is 84.5 Å². The van der Waals surface area contributed by atoms with Gasteiger partial charge in [0.25, 0.3) is 0 Å². The van der Waals surface area contributed by atoms with Gasteiger partial charge in [0.15, 0.2) is 0 Å². The normalized spacial score (nSPS) is 25.4. The molecule has 0 spiro atoms. The lowest BCUT2D eigenvalue weighted by Gasteiger charge is -2.18. The smallest absolute Gasteiger partial charge is 0.135 e. The predicted octanol–water partition coefficient (Wildman–Crippen LogP) is 5.13. The minimum absolute atomic E-state index is 0.370. The van der Waals surface area contributed by atoms with Crippen LogP contribution in [-0.4, -0.2) is 5.78 Å². The Labute approximate surface area is 107 Å². The van der Waals surface area contributed by atoms with Gasteiger partial charge >= 0.3 is 0 Å². The van der Waals surface area contributed by atoms with Gasteiger partial charge in [0.1, 0.15) is 5.78 Å². The molecule has 0 amide bonds. The molecule has 1 nitrogen and oxygen atoms in total. The second-order valence-electron chi connectivity index (χ2n) is 6.16. The molecule has 1 unspecified atom stereocenters. The number of rotatable bonds is 2. The van der Waals surface area contributed by atoms with Gasteiger partial charge in [-0.15, -0.1) is 0 Å².